The summed E-state index contributed by atoms with van der Waals surface area (Å²) in [6, 6.07) is 9.24. The van der Waals surface area contributed by atoms with Crippen molar-refractivity contribution in [1.82, 2.24) is 0 Å². The maximum absolute atomic E-state index is 9.10. The second kappa shape index (κ2) is 7.69. The van der Waals surface area contributed by atoms with Crippen LogP contribution < -0.4 is 10.2 Å². The molecule has 3 heteroatoms. The third-order valence-corrected chi connectivity index (χ3v) is 5.04. The van der Waals surface area contributed by atoms with E-state index >= 15 is 0 Å². The monoisotopic (exact) mass is 290 g/mol. The number of rotatable bonds is 6. The Bertz CT molecular complexity index is 418. The van der Waals surface area contributed by atoms with Crippen LogP contribution in [0.25, 0.3) is 0 Å². The number of anilines is 2. The van der Waals surface area contributed by atoms with Crippen LogP contribution >= 0.6 is 0 Å². The van der Waals surface area contributed by atoms with Crippen LogP contribution in [0.3, 0.4) is 0 Å². The van der Waals surface area contributed by atoms with Crippen molar-refractivity contribution in [2.75, 3.05) is 29.9 Å². The van der Waals surface area contributed by atoms with E-state index in [2.05, 4.69) is 55.3 Å². The van der Waals surface area contributed by atoms with Crippen molar-refractivity contribution >= 4 is 11.4 Å². The molecule has 1 aliphatic carbocycles. The summed E-state index contributed by atoms with van der Waals surface area (Å²) in [7, 11) is 0. The summed E-state index contributed by atoms with van der Waals surface area (Å²) in [5, 5.41) is 12.8. The molecule has 0 aliphatic heterocycles. The molecule has 0 aromatic heterocycles. The van der Waals surface area contributed by atoms with Crippen LogP contribution in [-0.4, -0.2) is 30.8 Å². The first-order chi connectivity index (χ1) is 10.2. The summed E-state index contributed by atoms with van der Waals surface area (Å²) in [6.07, 6.45) is 3.98. The molecule has 2 rings (SSSR count). The molecule has 0 bridgehead atoms. The van der Waals surface area contributed by atoms with Crippen molar-refractivity contribution in [3.05, 3.63) is 24.3 Å². The number of nitrogens with one attached hydrogen (secondary N) is 1. The number of likely N-dealkylation sites (N-methyl/N-ethyl adjacent to an activating group) is 1. The average Bonchev–Trinajstić information content (AvgIpc) is 2.50. The maximum atomic E-state index is 9.10. The number of nitrogens with zero attached hydrogens (tertiary/aromatic N) is 1. The van der Waals surface area contributed by atoms with Crippen molar-refractivity contribution in [3.8, 4) is 0 Å². The summed E-state index contributed by atoms with van der Waals surface area (Å²) >= 11 is 0. The standard InChI is InChI=1S/C18H30N2O/c1-4-20(12-13-21)17-10-8-16(9-11-17)19-18-7-5-6-14(2)15(18)3/h8-11,14-15,18-19,21H,4-7,12-13H2,1-3H3. The van der Waals surface area contributed by atoms with Crippen LogP contribution in [0.1, 0.15) is 40.0 Å². The Hall–Kier alpha value is -1.22. The Morgan fingerprint density at radius 1 is 1.19 bits per heavy atom. The van der Waals surface area contributed by atoms with Gasteiger partial charge < -0.3 is 15.3 Å². The van der Waals surface area contributed by atoms with Gasteiger partial charge in [-0.05, 0) is 49.4 Å². The molecule has 3 unspecified atom stereocenters. The Labute approximate surface area is 129 Å². The molecule has 0 saturated heterocycles. The molecule has 1 aromatic rings. The van der Waals surface area contributed by atoms with Crippen LogP contribution in [-0.2, 0) is 0 Å². The molecule has 0 heterocycles. The summed E-state index contributed by atoms with van der Waals surface area (Å²) in [5.41, 5.74) is 2.40. The second-order valence-electron chi connectivity index (χ2n) is 6.37. The number of aliphatic hydroxyl groups excluding tert-OH is 1. The van der Waals surface area contributed by atoms with Gasteiger partial charge in [0.15, 0.2) is 0 Å². The van der Waals surface area contributed by atoms with E-state index in [1.54, 1.807) is 0 Å². The van der Waals surface area contributed by atoms with E-state index in [1.165, 1.54) is 30.6 Å². The zero-order valence-corrected chi connectivity index (χ0v) is 13.7. The highest BCUT2D eigenvalue weighted by molar-refractivity contribution is 5.55. The predicted molar refractivity (Wildman–Crippen MR) is 91.0 cm³/mol. The Morgan fingerprint density at radius 3 is 2.52 bits per heavy atom. The van der Waals surface area contributed by atoms with E-state index in [1.807, 2.05) is 0 Å². The van der Waals surface area contributed by atoms with Gasteiger partial charge in [0.2, 0.25) is 0 Å². The highest BCUT2D eigenvalue weighted by Crippen LogP contribution is 2.31. The Morgan fingerprint density at radius 2 is 1.90 bits per heavy atom. The minimum absolute atomic E-state index is 0.200. The quantitative estimate of drug-likeness (QED) is 0.837. The minimum atomic E-state index is 0.200. The molecule has 1 saturated carbocycles. The van der Waals surface area contributed by atoms with Crippen LogP contribution in [0, 0.1) is 11.8 Å². The number of benzene rings is 1. The van der Waals surface area contributed by atoms with Gasteiger partial charge in [0.05, 0.1) is 6.61 Å². The van der Waals surface area contributed by atoms with E-state index in [4.69, 9.17) is 5.11 Å². The molecule has 1 fully saturated rings. The lowest BCUT2D eigenvalue weighted by atomic mass is 9.78. The molecule has 2 N–H and O–H groups in total. The zero-order valence-electron chi connectivity index (χ0n) is 13.7. The maximum Gasteiger partial charge on any atom is 0.0606 e. The van der Waals surface area contributed by atoms with Gasteiger partial charge in [-0.15, -0.1) is 0 Å². The van der Waals surface area contributed by atoms with Gasteiger partial charge in [0.1, 0.15) is 0 Å². The van der Waals surface area contributed by atoms with Gasteiger partial charge in [0, 0.05) is 30.5 Å². The fourth-order valence-corrected chi connectivity index (χ4v) is 3.36. The molecule has 0 spiro atoms. The van der Waals surface area contributed by atoms with E-state index in [0.717, 1.165) is 18.4 Å². The molecule has 0 radical (unpaired) electrons. The molecular formula is C18H30N2O. The van der Waals surface area contributed by atoms with Crippen LogP contribution in [0.2, 0.25) is 0 Å². The molecule has 118 valence electrons. The minimum Gasteiger partial charge on any atom is -0.395 e. The van der Waals surface area contributed by atoms with E-state index in [-0.39, 0.29) is 6.61 Å². The third kappa shape index (κ3) is 4.13. The van der Waals surface area contributed by atoms with E-state index < -0.39 is 0 Å². The lowest BCUT2D eigenvalue weighted by Crippen LogP contribution is -2.35. The normalized spacial score (nSPS) is 25.6. The lowest BCUT2D eigenvalue weighted by molar-refractivity contribution is 0.253. The van der Waals surface area contributed by atoms with Gasteiger partial charge in [0.25, 0.3) is 0 Å². The lowest BCUT2D eigenvalue weighted by Gasteiger charge is -2.35. The molecule has 0 amide bonds. The topological polar surface area (TPSA) is 35.5 Å². The van der Waals surface area contributed by atoms with Crippen molar-refractivity contribution < 1.29 is 5.11 Å². The predicted octanol–water partition coefficient (Wildman–Crippen LogP) is 3.74. The fourth-order valence-electron chi connectivity index (χ4n) is 3.36. The molecule has 3 atom stereocenters. The first-order valence-corrected chi connectivity index (χ1v) is 8.38. The summed E-state index contributed by atoms with van der Waals surface area (Å²) in [4.78, 5) is 2.19. The first kappa shape index (κ1) is 16.2. The first-order valence-electron chi connectivity index (χ1n) is 8.38. The zero-order chi connectivity index (χ0) is 15.2. The Kier molecular flexibility index (Phi) is 5.92. The molecule has 1 aliphatic rings. The number of aliphatic hydroxyl groups is 1. The summed E-state index contributed by atoms with van der Waals surface area (Å²) in [6.45, 7) is 8.68. The van der Waals surface area contributed by atoms with Gasteiger partial charge in [-0.3, -0.25) is 0 Å². The smallest absolute Gasteiger partial charge is 0.0606 e. The van der Waals surface area contributed by atoms with Gasteiger partial charge >= 0.3 is 0 Å². The molecular weight excluding hydrogens is 260 g/mol. The highest BCUT2D eigenvalue weighted by Gasteiger charge is 2.26. The SMILES string of the molecule is CCN(CCO)c1ccc(NC2CCCC(C)C2C)cc1. The van der Waals surface area contributed by atoms with Gasteiger partial charge in [-0.2, -0.15) is 0 Å². The number of hydrogen-bond donors (Lipinski definition) is 2. The van der Waals surface area contributed by atoms with E-state index in [0.29, 0.717) is 12.6 Å². The summed E-state index contributed by atoms with van der Waals surface area (Å²) < 4.78 is 0. The second-order valence-corrected chi connectivity index (χ2v) is 6.37. The van der Waals surface area contributed by atoms with Gasteiger partial charge in [-0.1, -0.05) is 26.7 Å². The molecule has 21 heavy (non-hydrogen) atoms. The van der Waals surface area contributed by atoms with Crippen LogP contribution in [0.15, 0.2) is 24.3 Å². The molecule has 1 aromatic carbocycles. The van der Waals surface area contributed by atoms with Gasteiger partial charge in [-0.25, -0.2) is 0 Å². The van der Waals surface area contributed by atoms with Crippen molar-refractivity contribution in [1.29, 1.82) is 0 Å². The largest absolute Gasteiger partial charge is 0.395 e. The van der Waals surface area contributed by atoms with Crippen molar-refractivity contribution in [3.63, 3.8) is 0 Å². The van der Waals surface area contributed by atoms with Crippen LogP contribution in [0.5, 0.6) is 0 Å². The Balaban J connectivity index is 1.98. The average molecular weight is 290 g/mol. The fraction of sp³-hybridized carbons (Fsp3) is 0.667. The summed E-state index contributed by atoms with van der Waals surface area (Å²) in [5.74, 6) is 1.55. The van der Waals surface area contributed by atoms with E-state index in [9.17, 15) is 0 Å². The van der Waals surface area contributed by atoms with Crippen molar-refractivity contribution in [2.45, 2.75) is 46.1 Å². The van der Waals surface area contributed by atoms with Crippen molar-refractivity contribution in [2.24, 2.45) is 11.8 Å². The number of hydrogen-bond acceptors (Lipinski definition) is 3. The third-order valence-electron chi connectivity index (χ3n) is 5.04. The molecule has 3 nitrogen and oxygen atoms in total. The van der Waals surface area contributed by atoms with Crippen LogP contribution in [0.4, 0.5) is 11.4 Å². The highest BCUT2D eigenvalue weighted by atomic mass is 16.3.